The molecule has 0 fully saturated rings. The second-order valence-electron chi connectivity index (χ2n) is 4.03. The number of nitrogens with one attached hydrogen (secondary N) is 1. The molecule has 0 aliphatic rings. The van der Waals surface area contributed by atoms with E-state index in [1.807, 2.05) is 0 Å². The maximum atomic E-state index is 12.1. The Morgan fingerprint density at radius 3 is 2.37 bits per heavy atom. The van der Waals surface area contributed by atoms with E-state index in [1.165, 1.54) is 26.4 Å². The molecule has 0 bridgehead atoms. The molecule has 0 aliphatic heterocycles. The monoisotopic (exact) mass is 286 g/mol. The molecular formula is C12H18N2O4S. The Labute approximate surface area is 113 Å². The third kappa shape index (κ3) is 3.62. The van der Waals surface area contributed by atoms with Gasteiger partial charge in [0.05, 0.1) is 19.9 Å². The van der Waals surface area contributed by atoms with Crippen LogP contribution in [0, 0.1) is 0 Å². The number of methoxy groups -OCH3 is 2. The molecule has 0 radical (unpaired) electrons. The van der Waals surface area contributed by atoms with Gasteiger partial charge in [-0.1, -0.05) is 12.2 Å². The largest absolute Gasteiger partial charge is 0.495 e. The molecule has 0 amide bonds. The average Bonchev–Trinajstić information content (AvgIpc) is 2.36. The summed E-state index contributed by atoms with van der Waals surface area (Å²) in [6, 6.07) is 2.74. The van der Waals surface area contributed by atoms with Crippen molar-refractivity contribution in [2.75, 3.05) is 26.5 Å². The molecule has 7 heteroatoms. The van der Waals surface area contributed by atoms with E-state index >= 15 is 0 Å². The van der Waals surface area contributed by atoms with E-state index < -0.39 is 10.0 Å². The number of sulfonamides is 1. The molecule has 0 aliphatic carbocycles. The van der Waals surface area contributed by atoms with Gasteiger partial charge in [-0.25, -0.2) is 13.1 Å². The van der Waals surface area contributed by atoms with Crippen molar-refractivity contribution < 1.29 is 17.9 Å². The van der Waals surface area contributed by atoms with Gasteiger partial charge in [0.15, 0.2) is 0 Å². The Balaban J connectivity index is 3.25. The number of hydrogen-bond donors (Lipinski definition) is 2. The van der Waals surface area contributed by atoms with E-state index in [9.17, 15) is 8.42 Å². The third-order valence-electron chi connectivity index (χ3n) is 2.37. The summed E-state index contributed by atoms with van der Waals surface area (Å²) in [5, 5.41) is 0. The number of nitrogen functional groups attached to an aromatic ring is 1. The molecule has 0 aromatic heterocycles. The van der Waals surface area contributed by atoms with Crippen LogP contribution in [0.3, 0.4) is 0 Å². The number of ether oxygens (including phenoxy) is 2. The zero-order valence-electron chi connectivity index (χ0n) is 11.2. The molecular weight excluding hydrogens is 268 g/mol. The fraction of sp³-hybridized carbons (Fsp3) is 0.333. The van der Waals surface area contributed by atoms with E-state index in [-0.39, 0.29) is 22.9 Å². The molecule has 1 aromatic rings. The summed E-state index contributed by atoms with van der Waals surface area (Å²) in [7, 11) is -0.896. The van der Waals surface area contributed by atoms with Gasteiger partial charge < -0.3 is 15.2 Å². The van der Waals surface area contributed by atoms with Crippen LogP contribution in [0.2, 0.25) is 0 Å². The van der Waals surface area contributed by atoms with E-state index in [2.05, 4.69) is 11.3 Å². The van der Waals surface area contributed by atoms with Crippen LogP contribution in [0.15, 0.2) is 29.2 Å². The van der Waals surface area contributed by atoms with Crippen molar-refractivity contribution in [3.05, 3.63) is 24.3 Å². The first-order valence-electron chi connectivity index (χ1n) is 5.47. The molecule has 6 nitrogen and oxygen atoms in total. The lowest BCUT2D eigenvalue weighted by atomic mass is 10.3. The summed E-state index contributed by atoms with van der Waals surface area (Å²) in [5.74, 6) is 0.524. The summed E-state index contributed by atoms with van der Waals surface area (Å²) < 4.78 is 36.8. The summed E-state index contributed by atoms with van der Waals surface area (Å²) in [4.78, 5) is -0.0328. The summed E-state index contributed by atoms with van der Waals surface area (Å²) in [6.45, 7) is 5.51. The van der Waals surface area contributed by atoms with Crippen molar-refractivity contribution in [2.45, 2.75) is 11.8 Å². The number of hydrogen-bond acceptors (Lipinski definition) is 5. The first-order chi connectivity index (χ1) is 8.81. The van der Waals surface area contributed by atoms with Gasteiger partial charge in [0, 0.05) is 12.6 Å². The van der Waals surface area contributed by atoms with E-state index in [1.54, 1.807) is 6.92 Å². The smallest absolute Gasteiger partial charge is 0.244 e. The van der Waals surface area contributed by atoms with Crippen molar-refractivity contribution in [1.82, 2.24) is 4.72 Å². The quantitative estimate of drug-likeness (QED) is 0.604. The normalized spacial score (nSPS) is 11.1. The summed E-state index contributed by atoms with van der Waals surface area (Å²) in [6.07, 6.45) is 0. The van der Waals surface area contributed by atoms with Gasteiger partial charge in [0.1, 0.15) is 16.4 Å². The van der Waals surface area contributed by atoms with Gasteiger partial charge in [-0.05, 0) is 13.0 Å². The lowest BCUT2D eigenvalue weighted by molar-refractivity contribution is 0.387. The van der Waals surface area contributed by atoms with E-state index in [4.69, 9.17) is 15.2 Å². The first-order valence-corrected chi connectivity index (χ1v) is 6.95. The molecule has 0 heterocycles. The summed E-state index contributed by atoms with van der Waals surface area (Å²) in [5.41, 5.74) is 6.64. The highest BCUT2D eigenvalue weighted by Crippen LogP contribution is 2.33. The Kier molecular flexibility index (Phi) is 4.79. The molecule has 0 unspecified atom stereocenters. The van der Waals surface area contributed by atoms with Crippen molar-refractivity contribution in [3.63, 3.8) is 0 Å². The Bertz CT molecular complexity index is 582. The van der Waals surface area contributed by atoms with Crippen LogP contribution in [0.25, 0.3) is 0 Å². The molecule has 0 saturated carbocycles. The second-order valence-corrected chi connectivity index (χ2v) is 5.76. The van der Waals surface area contributed by atoms with Crippen molar-refractivity contribution in [3.8, 4) is 11.5 Å². The highest BCUT2D eigenvalue weighted by molar-refractivity contribution is 7.89. The van der Waals surface area contributed by atoms with E-state index in [0.29, 0.717) is 11.3 Å². The van der Waals surface area contributed by atoms with Crippen LogP contribution < -0.4 is 19.9 Å². The minimum absolute atomic E-state index is 0.0328. The van der Waals surface area contributed by atoms with Crippen LogP contribution in [0.5, 0.6) is 11.5 Å². The SMILES string of the molecule is C=C(C)CNS(=O)(=O)c1cc(N)c(OC)cc1OC. The summed E-state index contributed by atoms with van der Waals surface area (Å²) >= 11 is 0. The Morgan fingerprint density at radius 2 is 1.89 bits per heavy atom. The molecule has 3 N–H and O–H groups in total. The minimum Gasteiger partial charge on any atom is -0.495 e. The van der Waals surface area contributed by atoms with Crippen LogP contribution >= 0.6 is 0 Å². The second kappa shape index (κ2) is 5.94. The van der Waals surface area contributed by atoms with Gasteiger partial charge >= 0.3 is 0 Å². The highest BCUT2D eigenvalue weighted by Gasteiger charge is 2.21. The van der Waals surface area contributed by atoms with Gasteiger partial charge in [-0.3, -0.25) is 0 Å². The molecule has 1 rings (SSSR count). The predicted octanol–water partition coefficient (Wildman–Crippen LogP) is 1.14. The molecule has 19 heavy (non-hydrogen) atoms. The topological polar surface area (TPSA) is 90.7 Å². The number of rotatable bonds is 6. The molecule has 0 spiro atoms. The number of anilines is 1. The fourth-order valence-electron chi connectivity index (χ4n) is 1.40. The number of nitrogens with two attached hydrogens (primary N) is 1. The van der Waals surface area contributed by atoms with Gasteiger partial charge in [-0.2, -0.15) is 0 Å². The zero-order valence-corrected chi connectivity index (χ0v) is 12.0. The maximum Gasteiger partial charge on any atom is 0.244 e. The zero-order chi connectivity index (χ0) is 14.6. The molecule has 1 aromatic carbocycles. The molecule has 0 atom stereocenters. The number of benzene rings is 1. The van der Waals surface area contributed by atoms with Gasteiger partial charge in [0.25, 0.3) is 0 Å². The van der Waals surface area contributed by atoms with Gasteiger partial charge in [0.2, 0.25) is 10.0 Å². The third-order valence-corrected chi connectivity index (χ3v) is 3.79. The lowest BCUT2D eigenvalue weighted by Gasteiger charge is -2.13. The van der Waals surface area contributed by atoms with Crippen LogP contribution in [0.4, 0.5) is 5.69 Å². The van der Waals surface area contributed by atoms with Gasteiger partial charge in [-0.15, -0.1) is 0 Å². The standard InChI is InChI=1S/C12H18N2O4S/c1-8(2)7-14-19(15,16)12-5-9(13)10(17-3)6-11(12)18-4/h5-6,14H,1,7,13H2,2-4H3. The Morgan fingerprint density at radius 1 is 1.32 bits per heavy atom. The van der Waals surface area contributed by atoms with Crippen LogP contribution in [-0.4, -0.2) is 29.2 Å². The maximum absolute atomic E-state index is 12.1. The molecule has 106 valence electrons. The van der Waals surface area contributed by atoms with E-state index in [0.717, 1.165) is 0 Å². The van der Waals surface area contributed by atoms with Crippen LogP contribution in [-0.2, 0) is 10.0 Å². The fourth-order valence-corrected chi connectivity index (χ4v) is 2.68. The first kappa shape index (κ1) is 15.3. The predicted molar refractivity (Wildman–Crippen MR) is 74.0 cm³/mol. The van der Waals surface area contributed by atoms with Crippen LogP contribution in [0.1, 0.15) is 6.92 Å². The minimum atomic E-state index is -3.72. The molecule has 0 saturated heterocycles. The Hall–Kier alpha value is -1.73. The van der Waals surface area contributed by atoms with Crippen molar-refractivity contribution in [2.24, 2.45) is 0 Å². The van der Waals surface area contributed by atoms with Crippen molar-refractivity contribution >= 4 is 15.7 Å². The highest BCUT2D eigenvalue weighted by atomic mass is 32.2. The lowest BCUT2D eigenvalue weighted by Crippen LogP contribution is -2.25. The average molecular weight is 286 g/mol. The van der Waals surface area contributed by atoms with Crippen molar-refractivity contribution in [1.29, 1.82) is 0 Å².